The van der Waals surface area contributed by atoms with E-state index < -0.39 is 0 Å². The van der Waals surface area contributed by atoms with E-state index in [1.54, 1.807) is 6.07 Å². The summed E-state index contributed by atoms with van der Waals surface area (Å²) in [5.74, 6) is 0. The zero-order valence-corrected chi connectivity index (χ0v) is 9.60. The van der Waals surface area contributed by atoms with E-state index in [4.69, 9.17) is 22.6 Å². The van der Waals surface area contributed by atoms with Crippen LogP contribution in [-0.4, -0.2) is 0 Å². The predicted molar refractivity (Wildman–Crippen MR) is 63.2 cm³/mol. The molecule has 1 aromatic carbocycles. The minimum absolute atomic E-state index is 0.550. The van der Waals surface area contributed by atoms with E-state index in [0.717, 1.165) is 11.1 Å². The largest absolute Gasteiger partial charge is 0.397 e. The van der Waals surface area contributed by atoms with E-state index in [2.05, 4.69) is 6.07 Å². The van der Waals surface area contributed by atoms with Crippen LogP contribution in [0.2, 0.25) is 5.02 Å². The van der Waals surface area contributed by atoms with Crippen LogP contribution in [0.5, 0.6) is 0 Å². The average molecular weight is 221 g/mol. The molecule has 2 nitrogen and oxygen atoms in total. The Bertz CT molecular complexity index is 441. The summed E-state index contributed by atoms with van der Waals surface area (Å²) in [7, 11) is 0. The van der Waals surface area contributed by atoms with Crippen LogP contribution in [0.15, 0.2) is 23.8 Å². The number of benzene rings is 1. The van der Waals surface area contributed by atoms with Gasteiger partial charge in [0.05, 0.1) is 17.3 Å². The second kappa shape index (κ2) is 4.86. The van der Waals surface area contributed by atoms with Crippen molar-refractivity contribution in [3.8, 4) is 6.07 Å². The molecule has 0 fully saturated rings. The Balaban J connectivity index is 3.29. The highest BCUT2D eigenvalue weighted by molar-refractivity contribution is 6.30. The molecule has 0 heterocycles. The summed E-state index contributed by atoms with van der Waals surface area (Å²) in [5, 5.41) is 9.57. The van der Waals surface area contributed by atoms with Gasteiger partial charge in [-0.1, -0.05) is 24.6 Å². The standard InChI is InChI=1S/C12H13ClN2/c1-3-9(7-14)12(15)11-5-4-10(13)6-8(11)2/h4-6H,3,15H2,1-2H3/b12-9-. The van der Waals surface area contributed by atoms with Crippen LogP contribution >= 0.6 is 11.6 Å². The molecule has 0 unspecified atom stereocenters. The Morgan fingerprint density at radius 3 is 2.67 bits per heavy atom. The van der Waals surface area contributed by atoms with Gasteiger partial charge < -0.3 is 5.73 Å². The fourth-order valence-corrected chi connectivity index (χ4v) is 1.65. The van der Waals surface area contributed by atoms with Gasteiger partial charge in [0.15, 0.2) is 0 Å². The van der Waals surface area contributed by atoms with Crippen LogP contribution in [0.1, 0.15) is 24.5 Å². The number of nitrogens with two attached hydrogens (primary N) is 1. The molecular formula is C12H13ClN2. The lowest BCUT2D eigenvalue weighted by molar-refractivity contribution is 1.14. The van der Waals surface area contributed by atoms with E-state index in [0.29, 0.717) is 22.7 Å². The zero-order chi connectivity index (χ0) is 11.4. The predicted octanol–water partition coefficient (Wildman–Crippen LogP) is 3.25. The van der Waals surface area contributed by atoms with Gasteiger partial charge in [-0.05, 0) is 31.0 Å². The monoisotopic (exact) mass is 220 g/mol. The molecule has 1 aromatic rings. The molecule has 0 aromatic heterocycles. The van der Waals surface area contributed by atoms with E-state index >= 15 is 0 Å². The summed E-state index contributed by atoms with van der Waals surface area (Å²) in [6, 6.07) is 7.58. The van der Waals surface area contributed by atoms with E-state index in [9.17, 15) is 0 Å². The van der Waals surface area contributed by atoms with Crippen LogP contribution in [-0.2, 0) is 0 Å². The number of nitrogens with zero attached hydrogens (tertiary/aromatic N) is 1. The molecule has 0 aliphatic carbocycles. The molecule has 0 radical (unpaired) electrons. The zero-order valence-electron chi connectivity index (χ0n) is 8.84. The second-order valence-corrected chi connectivity index (χ2v) is 3.75. The van der Waals surface area contributed by atoms with Crippen molar-refractivity contribution in [2.45, 2.75) is 20.3 Å². The molecule has 3 heteroatoms. The first kappa shape index (κ1) is 11.6. The molecule has 0 atom stereocenters. The van der Waals surface area contributed by atoms with E-state index in [1.807, 2.05) is 26.0 Å². The Hall–Kier alpha value is -1.46. The minimum atomic E-state index is 0.550. The van der Waals surface area contributed by atoms with Gasteiger partial charge in [-0.2, -0.15) is 5.26 Å². The first-order valence-corrected chi connectivity index (χ1v) is 5.13. The van der Waals surface area contributed by atoms with Crippen molar-refractivity contribution in [3.63, 3.8) is 0 Å². The number of aryl methyl sites for hydroxylation is 1. The van der Waals surface area contributed by atoms with Crippen LogP contribution < -0.4 is 5.73 Å². The summed E-state index contributed by atoms with van der Waals surface area (Å²) >= 11 is 5.85. The Kier molecular flexibility index (Phi) is 3.76. The second-order valence-electron chi connectivity index (χ2n) is 3.32. The first-order chi connectivity index (χ1) is 7.10. The van der Waals surface area contributed by atoms with Gasteiger partial charge in [0.1, 0.15) is 0 Å². The van der Waals surface area contributed by atoms with Gasteiger partial charge in [0, 0.05) is 10.6 Å². The highest BCUT2D eigenvalue weighted by atomic mass is 35.5. The fourth-order valence-electron chi connectivity index (χ4n) is 1.42. The third-order valence-electron chi connectivity index (χ3n) is 2.29. The highest BCUT2D eigenvalue weighted by Gasteiger charge is 2.06. The Morgan fingerprint density at radius 1 is 1.53 bits per heavy atom. The molecule has 0 amide bonds. The molecule has 0 bridgehead atoms. The van der Waals surface area contributed by atoms with Crippen molar-refractivity contribution in [3.05, 3.63) is 39.9 Å². The van der Waals surface area contributed by atoms with Crippen molar-refractivity contribution >= 4 is 17.3 Å². The van der Waals surface area contributed by atoms with Gasteiger partial charge in [-0.25, -0.2) is 0 Å². The number of halogens is 1. The molecule has 0 saturated carbocycles. The average Bonchev–Trinajstić information content (AvgIpc) is 2.19. The molecule has 0 aliphatic heterocycles. The molecule has 78 valence electrons. The van der Waals surface area contributed by atoms with Crippen LogP contribution in [0, 0.1) is 18.3 Å². The molecular weight excluding hydrogens is 208 g/mol. The SMILES string of the molecule is CC/C(C#N)=C(/N)c1ccc(Cl)cc1C. The molecule has 15 heavy (non-hydrogen) atoms. The van der Waals surface area contributed by atoms with E-state index in [1.165, 1.54) is 0 Å². The van der Waals surface area contributed by atoms with Gasteiger partial charge in [-0.3, -0.25) is 0 Å². The van der Waals surface area contributed by atoms with Gasteiger partial charge in [-0.15, -0.1) is 0 Å². The Labute approximate surface area is 95.0 Å². The third-order valence-corrected chi connectivity index (χ3v) is 2.53. The minimum Gasteiger partial charge on any atom is -0.397 e. The van der Waals surface area contributed by atoms with Crippen LogP contribution in [0.4, 0.5) is 0 Å². The van der Waals surface area contributed by atoms with E-state index in [-0.39, 0.29) is 0 Å². The molecule has 2 N–H and O–H groups in total. The Morgan fingerprint density at radius 2 is 2.20 bits per heavy atom. The third kappa shape index (κ3) is 2.51. The summed E-state index contributed by atoms with van der Waals surface area (Å²) < 4.78 is 0. The van der Waals surface area contributed by atoms with Gasteiger partial charge in [0.2, 0.25) is 0 Å². The number of hydrogen-bond donors (Lipinski definition) is 1. The summed E-state index contributed by atoms with van der Waals surface area (Å²) in [5.41, 5.74) is 8.96. The molecule has 1 rings (SSSR count). The van der Waals surface area contributed by atoms with Gasteiger partial charge in [0.25, 0.3) is 0 Å². The van der Waals surface area contributed by atoms with Crippen molar-refractivity contribution < 1.29 is 0 Å². The number of hydrogen-bond acceptors (Lipinski definition) is 2. The quantitative estimate of drug-likeness (QED) is 0.778. The maximum Gasteiger partial charge on any atom is 0.0968 e. The maximum atomic E-state index is 8.89. The van der Waals surface area contributed by atoms with Crippen molar-refractivity contribution in [1.82, 2.24) is 0 Å². The number of rotatable bonds is 2. The maximum absolute atomic E-state index is 8.89. The normalized spacial score (nSPS) is 11.9. The van der Waals surface area contributed by atoms with Gasteiger partial charge >= 0.3 is 0 Å². The van der Waals surface area contributed by atoms with Crippen LogP contribution in [0.25, 0.3) is 5.70 Å². The molecule has 0 spiro atoms. The smallest absolute Gasteiger partial charge is 0.0968 e. The number of allylic oxidation sites excluding steroid dienone is 1. The van der Waals surface area contributed by atoms with Crippen molar-refractivity contribution in [2.75, 3.05) is 0 Å². The molecule has 0 aliphatic rings. The molecule has 0 saturated heterocycles. The van der Waals surface area contributed by atoms with Crippen LogP contribution in [0.3, 0.4) is 0 Å². The number of nitriles is 1. The topological polar surface area (TPSA) is 49.8 Å². The summed E-state index contributed by atoms with van der Waals surface area (Å²) in [6.45, 7) is 3.84. The van der Waals surface area contributed by atoms with Crippen molar-refractivity contribution in [1.29, 1.82) is 5.26 Å². The lowest BCUT2D eigenvalue weighted by atomic mass is 10.0. The highest BCUT2D eigenvalue weighted by Crippen LogP contribution is 2.22. The van der Waals surface area contributed by atoms with Crippen molar-refractivity contribution in [2.24, 2.45) is 5.73 Å². The lowest BCUT2D eigenvalue weighted by Crippen LogP contribution is -2.02. The summed E-state index contributed by atoms with van der Waals surface area (Å²) in [4.78, 5) is 0. The lowest BCUT2D eigenvalue weighted by Gasteiger charge is -2.08. The fraction of sp³-hybridized carbons (Fsp3) is 0.250. The first-order valence-electron chi connectivity index (χ1n) is 4.75. The summed E-state index contributed by atoms with van der Waals surface area (Å²) in [6.07, 6.45) is 0.643.